The second-order valence-corrected chi connectivity index (χ2v) is 12.5. The molecule has 250 valence electrons. The second-order valence-electron chi connectivity index (χ2n) is 10.8. The third kappa shape index (κ3) is 8.99. The van der Waals surface area contributed by atoms with Gasteiger partial charge in [-0.05, 0) is 56.5 Å². The van der Waals surface area contributed by atoms with Crippen LogP contribution in [0.2, 0.25) is 0 Å². The van der Waals surface area contributed by atoms with E-state index in [2.05, 4.69) is 10.3 Å². The van der Waals surface area contributed by atoms with Crippen molar-refractivity contribution in [2.24, 2.45) is 0 Å². The molecule has 0 aliphatic carbocycles. The van der Waals surface area contributed by atoms with E-state index in [-0.39, 0.29) is 22.9 Å². The molecule has 1 aromatic heterocycles. The molecule has 5 rings (SSSR count). The van der Waals surface area contributed by atoms with Crippen molar-refractivity contribution in [2.45, 2.75) is 51.2 Å². The molecule has 0 radical (unpaired) electrons. The van der Waals surface area contributed by atoms with Gasteiger partial charge >= 0.3 is 13.3 Å². The molecule has 3 aromatic rings. The third-order valence-corrected chi connectivity index (χ3v) is 8.82. The number of fused-ring (bicyclic) bond motifs is 2. The molecular formula is C31H40F2N5O7P. The molecule has 0 spiro atoms. The summed E-state index contributed by atoms with van der Waals surface area (Å²) in [5.74, 6) is -0.109. The van der Waals surface area contributed by atoms with Crippen molar-refractivity contribution in [1.82, 2.24) is 20.1 Å². The number of alkyl halides is 2. The van der Waals surface area contributed by atoms with Gasteiger partial charge in [-0.2, -0.15) is 8.78 Å². The predicted octanol–water partition coefficient (Wildman–Crippen LogP) is 4.04. The van der Waals surface area contributed by atoms with Gasteiger partial charge < -0.3 is 34.8 Å². The van der Waals surface area contributed by atoms with Crippen LogP contribution in [-0.2, 0) is 24.6 Å². The topological polar surface area (TPSA) is 163 Å². The van der Waals surface area contributed by atoms with E-state index < -0.39 is 24.7 Å². The van der Waals surface area contributed by atoms with E-state index in [1.54, 1.807) is 16.7 Å². The number of nitrogens with one attached hydrogen (secondary N) is 2. The highest BCUT2D eigenvalue weighted by Gasteiger charge is 2.50. The minimum absolute atomic E-state index is 0.0919. The van der Waals surface area contributed by atoms with Gasteiger partial charge in [0, 0.05) is 74.8 Å². The van der Waals surface area contributed by atoms with Crippen LogP contribution in [0.15, 0.2) is 54.6 Å². The summed E-state index contributed by atoms with van der Waals surface area (Å²) in [4.78, 5) is 70.5. The van der Waals surface area contributed by atoms with E-state index >= 15 is 0 Å². The number of carbonyl (C=O) groups is 4. The predicted molar refractivity (Wildman–Crippen MR) is 169 cm³/mol. The lowest BCUT2D eigenvalue weighted by Gasteiger charge is -2.31. The van der Waals surface area contributed by atoms with Crippen LogP contribution in [0.4, 0.5) is 14.5 Å². The molecule has 1 atom stereocenters. The molecule has 2 aliphatic heterocycles. The van der Waals surface area contributed by atoms with E-state index in [0.29, 0.717) is 31.1 Å². The SMILES string of the molecule is CC(=O)N1CCC(=O)N2CCCC2CC1.CCN(C=O)c1ccccc1.CNC(=O)c1cc2cc(C(F)(F)P(=O)(O)O)ccc2[nH]1. The molecule has 2 aromatic carbocycles. The minimum atomic E-state index is -5.61. The second kappa shape index (κ2) is 15.9. The highest BCUT2D eigenvalue weighted by Crippen LogP contribution is 2.59. The van der Waals surface area contributed by atoms with E-state index in [1.807, 2.05) is 42.2 Å². The molecule has 4 N–H and O–H groups in total. The standard InChI is InChI=1S/C11H11F2N2O4P.C11H18N2O2.C9H11NO/c1-14-10(16)9-5-6-4-7(2-3-8(6)15-9)11(12,13)20(17,18)19;1-9(14)12-7-4-10-3-2-6-13(10)11(15)5-8-12;1-2-10(8-11)9-6-4-3-5-7-9/h2-5,15H,1H3,(H,14,16)(H2,17,18,19);10H,2-8H2,1H3;3-8H,2H2,1H3. The zero-order chi connectivity index (χ0) is 34.1. The summed E-state index contributed by atoms with van der Waals surface area (Å²) in [6.07, 6.45) is 4.52. The Labute approximate surface area is 265 Å². The van der Waals surface area contributed by atoms with Crippen LogP contribution in [0.5, 0.6) is 0 Å². The maximum atomic E-state index is 13.6. The largest absolute Gasteiger partial charge is 0.399 e. The Morgan fingerprint density at radius 3 is 2.39 bits per heavy atom. The number of aromatic nitrogens is 1. The number of H-pyrrole nitrogens is 1. The lowest BCUT2D eigenvalue weighted by Crippen LogP contribution is -2.44. The van der Waals surface area contributed by atoms with Gasteiger partial charge in [0.2, 0.25) is 18.2 Å². The van der Waals surface area contributed by atoms with Crippen molar-refractivity contribution in [2.75, 3.05) is 38.1 Å². The van der Waals surface area contributed by atoms with Crippen LogP contribution in [-0.4, -0.2) is 88.0 Å². The molecule has 15 heteroatoms. The number of hydrogen-bond donors (Lipinski definition) is 4. The van der Waals surface area contributed by atoms with Crippen LogP contribution in [0, 0.1) is 0 Å². The molecule has 1 unspecified atom stereocenters. The van der Waals surface area contributed by atoms with Gasteiger partial charge in [0.05, 0.1) is 0 Å². The van der Waals surface area contributed by atoms with Crippen LogP contribution in [0.1, 0.15) is 55.6 Å². The summed E-state index contributed by atoms with van der Waals surface area (Å²) in [6.45, 7) is 6.57. The first-order valence-corrected chi connectivity index (χ1v) is 16.4. The summed E-state index contributed by atoms with van der Waals surface area (Å²) >= 11 is 0. The molecule has 2 fully saturated rings. The van der Waals surface area contributed by atoms with Crippen molar-refractivity contribution in [3.8, 4) is 0 Å². The maximum absolute atomic E-state index is 13.6. The zero-order valence-corrected chi connectivity index (χ0v) is 26.9. The van der Waals surface area contributed by atoms with E-state index in [4.69, 9.17) is 9.79 Å². The lowest BCUT2D eigenvalue weighted by atomic mass is 10.1. The number of benzene rings is 2. The summed E-state index contributed by atoms with van der Waals surface area (Å²) in [5.41, 5.74) is -3.55. The number of carbonyl (C=O) groups excluding carboxylic acids is 4. The molecule has 0 bridgehead atoms. The summed E-state index contributed by atoms with van der Waals surface area (Å²) < 4.78 is 38.0. The van der Waals surface area contributed by atoms with E-state index in [0.717, 1.165) is 56.6 Å². The van der Waals surface area contributed by atoms with Gasteiger partial charge in [-0.1, -0.05) is 24.3 Å². The van der Waals surface area contributed by atoms with Gasteiger partial charge in [0.15, 0.2) is 0 Å². The normalized spacial score (nSPS) is 16.6. The van der Waals surface area contributed by atoms with Crippen LogP contribution >= 0.6 is 7.60 Å². The molecular weight excluding hydrogens is 623 g/mol. The van der Waals surface area contributed by atoms with Crippen LogP contribution in [0.25, 0.3) is 10.9 Å². The average molecular weight is 664 g/mol. The third-order valence-electron chi connectivity index (χ3n) is 7.83. The minimum Gasteiger partial charge on any atom is -0.354 e. The number of nitrogens with zero attached hydrogens (tertiary/aromatic N) is 3. The van der Waals surface area contributed by atoms with Crippen molar-refractivity contribution in [3.63, 3.8) is 0 Å². The monoisotopic (exact) mass is 663 g/mol. The first-order chi connectivity index (χ1) is 21.7. The summed E-state index contributed by atoms with van der Waals surface area (Å²) in [7, 11) is -4.19. The molecule has 2 aliphatic rings. The van der Waals surface area contributed by atoms with Crippen molar-refractivity contribution < 1.29 is 42.3 Å². The fourth-order valence-corrected chi connectivity index (χ4v) is 5.73. The van der Waals surface area contributed by atoms with Gasteiger partial charge in [-0.3, -0.25) is 23.7 Å². The van der Waals surface area contributed by atoms with E-state index in [9.17, 15) is 32.5 Å². The zero-order valence-electron chi connectivity index (χ0n) is 26.0. The Bertz CT molecular complexity index is 1560. The van der Waals surface area contributed by atoms with Crippen LogP contribution < -0.4 is 10.2 Å². The number of amides is 4. The van der Waals surface area contributed by atoms with Gasteiger partial charge in [0.1, 0.15) is 5.69 Å². The Balaban J connectivity index is 0.000000197. The highest BCUT2D eigenvalue weighted by molar-refractivity contribution is 7.52. The molecule has 0 saturated carbocycles. The maximum Gasteiger partial charge on any atom is 0.399 e. The van der Waals surface area contributed by atoms with Crippen LogP contribution in [0.3, 0.4) is 0 Å². The number of hydrogen-bond acceptors (Lipinski definition) is 5. The molecule has 2 saturated heterocycles. The van der Waals surface area contributed by atoms with Crippen molar-refractivity contribution in [1.29, 1.82) is 0 Å². The Hall–Kier alpha value is -4.13. The molecule has 46 heavy (non-hydrogen) atoms. The van der Waals surface area contributed by atoms with Gasteiger partial charge in [-0.15, -0.1) is 0 Å². The first-order valence-electron chi connectivity index (χ1n) is 14.8. The number of aromatic amines is 1. The van der Waals surface area contributed by atoms with Crippen molar-refractivity contribution >= 4 is 48.3 Å². The fourth-order valence-electron chi connectivity index (χ4n) is 5.25. The smallest absolute Gasteiger partial charge is 0.354 e. The molecule has 12 nitrogen and oxygen atoms in total. The number of para-hydroxylation sites is 1. The number of halogens is 2. The van der Waals surface area contributed by atoms with Gasteiger partial charge in [-0.25, -0.2) is 0 Å². The average Bonchev–Trinajstić information content (AvgIpc) is 3.67. The quantitative estimate of drug-likeness (QED) is 0.228. The number of rotatable bonds is 6. The van der Waals surface area contributed by atoms with E-state index in [1.165, 1.54) is 19.2 Å². The lowest BCUT2D eigenvalue weighted by molar-refractivity contribution is -0.136. The highest BCUT2D eigenvalue weighted by atomic mass is 31.2. The Morgan fingerprint density at radius 1 is 1.11 bits per heavy atom. The summed E-state index contributed by atoms with van der Waals surface area (Å²) in [5, 5.41) is 2.63. The number of anilines is 1. The Morgan fingerprint density at radius 2 is 1.80 bits per heavy atom. The van der Waals surface area contributed by atoms with Gasteiger partial charge in [0.25, 0.3) is 5.91 Å². The first kappa shape index (κ1) is 36.3. The summed E-state index contributed by atoms with van der Waals surface area (Å²) in [6, 6.07) is 14.4. The van der Waals surface area contributed by atoms with Crippen molar-refractivity contribution in [3.05, 3.63) is 65.9 Å². The Kier molecular flexibility index (Phi) is 12.6. The fraction of sp³-hybridized carbons (Fsp3) is 0.419. The molecule has 3 heterocycles. The molecule has 4 amide bonds.